The van der Waals surface area contributed by atoms with Crippen molar-refractivity contribution < 1.29 is 4.79 Å². The molecule has 0 amide bonds. The Morgan fingerprint density at radius 1 is 0.939 bits per heavy atom. The van der Waals surface area contributed by atoms with Crippen LogP contribution in [0.4, 0.5) is 11.5 Å². The van der Waals surface area contributed by atoms with Crippen molar-refractivity contribution >= 4 is 28.2 Å². The van der Waals surface area contributed by atoms with Gasteiger partial charge in [0.15, 0.2) is 11.2 Å². The molecule has 1 aliphatic carbocycles. The normalized spacial score (nSPS) is 14.3. The molecule has 2 heterocycles. The summed E-state index contributed by atoms with van der Waals surface area (Å²) in [4.78, 5) is 31.6. The molecular weight excluding hydrogens is 410 g/mol. The first kappa shape index (κ1) is 21.1. The molecule has 4 aromatic rings. The van der Waals surface area contributed by atoms with Crippen LogP contribution in [-0.2, 0) is 0 Å². The second-order valence-electron chi connectivity index (χ2n) is 8.76. The lowest BCUT2D eigenvalue weighted by Gasteiger charge is -2.22. The standard InChI is InChI=1S/C28H27N3O2/c1-19-17-23-26(27(29-19)28(33)20-11-5-2-6-12-20)24(32)18-25(30-21-13-7-3-8-14-21)31(23)22-15-9-4-10-16-22/h3-4,7-10,13-18,20,30H,2,5-6,11-12H2,1H3. The van der Waals surface area contributed by atoms with Gasteiger partial charge in [-0.15, -0.1) is 0 Å². The number of aromatic nitrogens is 2. The van der Waals surface area contributed by atoms with E-state index in [0.29, 0.717) is 22.4 Å². The Labute approximate surface area is 193 Å². The molecule has 0 unspecified atom stereocenters. The predicted molar refractivity (Wildman–Crippen MR) is 133 cm³/mol. The van der Waals surface area contributed by atoms with E-state index < -0.39 is 0 Å². The van der Waals surface area contributed by atoms with Crippen LogP contribution in [0.3, 0.4) is 0 Å². The maximum Gasteiger partial charge on any atom is 0.193 e. The summed E-state index contributed by atoms with van der Waals surface area (Å²) in [6.45, 7) is 1.88. The number of anilines is 2. The van der Waals surface area contributed by atoms with Gasteiger partial charge in [-0.1, -0.05) is 55.7 Å². The summed E-state index contributed by atoms with van der Waals surface area (Å²) in [5.41, 5.74) is 3.33. The molecule has 166 valence electrons. The van der Waals surface area contributed by atoms with Gasteiger partial charge >= 0.3 is 0 Å². The fourth-order valence-corrected chi connectivity index (χ4v) is 4.82. The van der Waals surface area contributed by atoms with Crippen LogP contribution in [0.5, 0.6) is 0 Å². The molecule has 5 rings (SSSR count). The van der Waals surface area contributed by atoms with E-state index in [0.717, 1.165) is 42.8 Å². The third kappa shape index (κ3) is 4.19. The predicted octanol–water partition coefficient (Wildman–Crippen LogP) is 6.20. The Hall–Kier alpha value is -3.73. The first-order valence-corrected chi connectivity index (χ1v) is 11.6. The van der Waals surface area contributed by atoms with Crippen LogP contribution in [0.1, 0.15) is 48.3 Å². The zero-order chi connectivity index (χ0) is 22.8. The second kappa shape index (κ2) is 9.02. The average Bonchev–Trinajstić information content (AvgIpc) is 2.85. The summed E-state index contributed by atoms with van der Waals surface area (Å²) in [5, 5.41) is 3.79. The third-order valence-electron chi connectivity index (χ3n) is 6.39. The van der Waals surface area contributed by atoms with E-state index in [1.54, 1.807) is 6.07 Å². The maximum absolute atomic E-state index is 13.5. The number of rotatable bonds is 5. The van der Waals surface area contributed by atoms with Gasteiger partial charge in [-0.2, -0.15) is 0 Å². The van der Waals surface area contributed by atoms with Gasteiger partial charge in [-0.3, -0.25) is 14.2 Å². The summed E-state index contributed by atoms with van der Waals surface area (Å²) < 4.78 is 2.01. The summed E-state index contributed by atoms with van der Waals surface area (Å²) in [5.74, 6) is 0.596. The molecule has 2 aromatic carbocycles. The number of pyridine rings is 2. The van der Waals surface area contributed by atoms with E-state index in [1.165, 1.54) is 6.42 Å². The van der Waals surface area contributed by atoms with Crippen LogP contribution in [0.2, 0.25) is 0 Å². The number of nitrogens with zero attached hydrogens (tertiary/aromatic N) is 2. The van der Waals surface area contributed by atoms with Crippen molar-refractivity contribution in [1.29, 1.82) is 0 Å². The molecule has 0 spiro atoms. The van der Waals surface area contributed by atoms with Crippen molar-refractivity contribution in [1.82, 2.24) is 9.55 Å². The third-order valence-corrected chi connectivity index (χ3v) is 6.39. The number of benzene rings is 2. The summed E-state index contributed by atoms with van der Waals surface area (Å²) in [6.07, 6.45) is 5.02. The molecule has 0 atom stereocenters. The Morgan fingerprint density at radius 2 is 1.61 bits per heavy atom. The van der Waals surface area contributed by atoms with Crippen molar-refractivity contribution in [2.24, 2.45) is 5.92 Å². The van der Waals surface area contributed by atoms with Gasteiger partial charge in [0.2, 0.25) is 0 Å². The van der Waals surface area contributed by atoms with Gasteiger partial charge in [0.1, 0.15) is 11.5 Å². The minimum absolute atomic E-state index is 0.00359. The van der Waals surface area contributed by atoms with Gasteiger partial charge in [-0.05, 0) is 50.1 Å². The minimum atomic E-state index is -0.192. The van der Waals surface area contributed by atoms with E-state index in [9.17, 15) is 9.59 Å². The lowest BCUT2D eigenvalue weighted by Crippen LogP contribution is -2.23. The first-order chi connectivity index (χ1) is 16.1. The molecule has 0 bridgehead atoms. The van der Waals surface area contributed by atoms with Crippen molar-refractivity contribution in [3.63, 3.8) is 0 Å². The summed E-state index contributed by atoms with van der Waals surface area (Å²) in [7, 11) is 0. The number of Topliss-reactive ketones (excluding diaryl/α,β-unsaturated/α-hetero) is 1. The minimum Gasteiger partial charge on any atom is -0.341 e. The number of hydrogen-bond donors (Lipinski definition) is 1. The van der Waals surface area contributed by atoms with Crippen LogP contribution < -0.4 is 10.7 Å². The Kier molecular flexibility index (Phi) is 5.78. The highest BCUT2D eigenvalue weighted by atomic mass is 16.1. The molecule has 1 aliphatic rings. The number of hydrogen-bond acceptors (Lipinski definition) is 4. The molecule has 1 fully saturated rings. The highest BCUT2D eigenvalue weighted by molar-refractivity contribution is 6.07. The first-order valence-electron chi connectivity index (χ1n) is 11.6. The number of carbonyl (C=O) groups is 1. The van der Waals surface area contributed by atoms with E-state index >= 15 is 0 Å². The highest BCUT2D eigenvalue weighted by Crippen LogP contribution is 2.31. The fourth-order valence-electron chi connectivity index (χ4n) is 4.82. The molecule has 0 saturated heterocycles. The summed E-state index contributed by atoms with van der Waals surface area (Å²) in [6, 6.07) is 23.1. The van der Waals surface area contributed by atoms with Crippen LogP contribution in [0.25, 0.3) is 16.6 Å². The lowest BCUT2D eigenvalue weighted by molar-refractivity contribution is 0.0886. The summed E-state index contributed by atoms with van der Waals surface area (Å²) >= 11 is 0. The van der Waals surface area contributed by atoms with Crippen LogP contribution in [-0.4, -0.2) is 15.3 Å². The smallest absolute Gasteiger partial charge is 0.193 e. The number of para-hydroxylation sites is 2. The van der Waals surface area contributed by atoms with Crippen LogP contribution in [0, 0.1) is 12.8 Å². The van der Waals surface area contributed by atoms with Gasteiger partial charge < -0.3 is 5.32 Å². The molecule has 5 nitrogen and oxygen atoms in total. The number of aryl methyl sites for hydroxylation is 1. The van der Waals surface area contributed by atoms with Crippen molar-refractivity contribution in [2.45, 2.75) is 39.0 Å². The molecule has 1 saturated carbocycles. The molecule has 0 radical (unpaired) electrons. The second-order valence-corrected chi connectivity index (χ2v) is 8.76. The van der Waals surface area contributed by atoms with Gasteiger partial charge in [-0.25, -0.2) is 4.98 Å². The highest BCUT2D eigenvalue weighted by Gasteiger charge is 2.27. The van der Waals surface area contributed by atoms with E-state index in [4.69, 9.17) is 0 Å². The van der Waals surface area contributed by atoms with Crippen molar-refractivity contribution in [2.75, 3.05) is 5.32 Å². The zero-order valence-corrected chi connectivity index (χ0v) is 18.8. The Bertz CT molecular complexity index is 1360. The monoisotopic (exact) mass is 437 g/mol. The molecule has 33 heavy (non-hydrogen) atoms. The topological polar surface area (TPSA) is 64.0 Å². The maximum atomic E-state index is 13.5. The lowest BCUT2D eigenvalue weighted by atomic mass is 9.84. The quantitative estimate of drug-likeness (QED) is 0.378. The largest absolute Gasteiger partial charge is 0.341 e. The molecule has 1 N–H and O–H groups in total. The SMILES string of the molecule is Cc1cc2c(c(C(=O)C3CCCCC3)n1)c(=O)cc(Nc1ccccc1)n2-c1ccccc1. The Balaban J connectivity index is 1.76. The molecule has 2 aromatic heterocycles. The molecule has 0 aliphatic heterocycles. The molecule has 5 heteroatoms. The molecular formula is C28H27N3O2. The average molecular weight is 438 g/mol. The number of carbonyl (C=O) groups excluding carboxylic acids is 1. The van der Waals surface area contributed by atoms with E-state index in [2.05, 4.69) is 10.3 Å². The van der Waals surface area contributed by atoms with E-state index in [1.807, 2.05) is 78.2 Å². The van der Waals surface area contributed by atoms with Crippen molar-refractivity contribution in [3.05, 3.63) is 94.4 Å². The number of nitrogens with one attached hydrogen (secondary N) is 1. The number of ketones is 1. The zero-order valence-electron chi connectivity index (χ0n) is 18.8. The Morgan fingerprint density at radius 3 is 2.30 bits per heavy atom. The van der Waals surface area contributed by atoms with Gasteiger partial charge in [0, 0.05) is 29.1 Å². The van der Waals surface area contributed by atoms with Gasteiger partial charge in [0.05, 0.1) is 10.9 Å². The van der Waals surface area contributed by atoms with Crippen LogP contribution >= 0.6 is 0 Å². The van der Waals surface area contributed by atoms with Crippen LogP contribution in [0.15, 0.2) is 77.6 Å². The fraction of sp³-hybridized carbons (Fsp3) is 0.250. The van der Waals surface area contributed by atoms with Crippen molar-refractivity contribution in [3.8, 4) is 5.69 Å². The number of fused-ring (bicyclic) bond motifs is 1. The van der Waals surface area contributed by atoms with E-state index in [-0.39, 0.29) is 17.1 Å². The van der Waals surface area contributed by atoms with Gasteiger partial charge in [0.25, 0.3) is 0 Å².